The van der Waals surface area contributed by atoms with Crippen molar-refractivity contribution in [2.45, 2.75) is 13.3 Å². The van der Waals surface area contributed by atoms with Crippen LogP contribution in [0.1, 0.15) is 5.69 Å². The van der Waals surface area contributed by atoms with Gasteiger partial charge in [-0.25, -0.2) is 9.97 Å². The summed E-state index contributed by atoms with van der Waals surface area (Å²) in [4.78, 5) is 13.3. The molecule has 0 spiro atoms. The van der Waals surface area contributed by atoms with Gasteiger partial charge in [-0.15, -0.1) is 13.2 Å². The molecule has 3 aromatic heterocycles. The smallest absolute Gasteiger partial charge is 0.495 e. The summed E-state index contributed by atoms with van der Waals surface area (Å²) in [6.45, 7) is 1.87. The van der Waals surface area contributed by atoms with Crippen LogP contribution in [0.2, 0.25) is 0 Å². The molecule has 10 heteroatoms. The third-order valence-corrected chi connectivity index (χ3v) is 4.24. The van der Waals surface area contributed by atoms with Gasteiger partial charge in [0, 0.05) is 5.69 Å². The van der Waals surface area contributed by atoms with Crippen LogP contribution in [0.4, 0.5) is 24.7 Å². The Labute approximate surface area is 169 Å². The highest BCUT2D eigenvalue weighted by molar-refractivity contribution is 5.66. The molecule has 0 atom stereocenters. The number of rotatable bonds is 5. The number of methoxy groups -OCH3 is 1. The van der Waals surface area contributed by atoms with Gasteiger partial charge in [-0.3, -0.25) is 9.38 Å². The number of halogens is 3. The molecule has 4 rings (SSSR count). The molecule has 7 nitrogen and oxygen atoms in total. The molecule has 0 saturated heterocycles. The minimum atomic E-state index is -4.73. The van der Waals surface area contributed by atoms with Gasteiger partial charge in [0.15, 0.2) is 0 Å². The number of nitrogens with zero attached hydrogens (tertiary/aromatic N) is 4. The average Bonchev–Trinajstić information content (AvgIpc) is 3.03. The maximum absolute atomic E-state index is 12.3. The standard InChI is InChI=1S/C20H16F3N5O2/c1-12-19(28-11-15(29-2)7-8-18(28)25-12)16-9-24-10-17(27-16)26-13-3-5-14(6-4-13)30-20(21,22)23/h3-11H,1-2H3,(H,26,27). The number of pyridine rings is 1. The number of nitrogens with one attached hydrogen (secondary N) is 1. The van der Waals surface area contributed by atoms with Crippen molar-refractivity contribution in [3.8, 4) is 22.9 Å². The second-order valence-electron chi connectivity index (χ2n) is 6.33. The highest BCUT2D eigenvalue weighted by Gasteiger charge is 2.30. The zero-order chi connectivity index (χ0) is 21.3. The SMILES string of the molecule is COc1ccc2nc(C)c(-c3cncc(Nc4ccc(OC(F)(F)F)cc4)n3)n2c1. The second kappa shape index (κ2) is 7.54. The van der Waals surface area contributed by atoms with E-state index in [1.165, 1.54) is 30.5 Å². The number of hydrogen-bond donors (Lipinski definition) is 1. The lowest BCUT2D eigenvalue weighted by atomic mass is 10.2. The number of aromatic nitrogens is 4. The van der Waals surface area contributed by atoms with Gasteiger partial charge in [0.05, 0.1) is 37.1 Å². The molecule has 0 amide bonds. The predicted octanol–water partition coefficient (Wildman–Crippen LogP) is 4.75. The summed E-state index contributed by atoms with van der Waals surface area (Å²) in [5.41, 5.74) is 3.38. The van der Waals surface area contributed by atoms with Crippen LogP contribution in [0.3, 0.4) is 0 Å². The maximum atomic E-state index is 12.3. The molecule has 0 bridgehead atoms. The number of alkyl halides is 3. The van der Waals surface area contributed by atoms with Crippen molar-refractivity contribution < 1.29 is 22.6 Å². The normalized spacial score (nSPS) is 11.5. The molecule has 0 aliphatic heterocycles. The highest BCUT2D eigenvalue weighted by atomic mass is 19.4. The largest absolute Gasteiger partial charge is 0.573 e. The topological polar surface area (TPSA) is 73.6 Å². The van der Waals surface area contributed by atoms with Crippen LogP contribution in [-0.4, -0.2) is 32.8 Å². The molecule has 154 valence electrons. The van der Waals surface area contributed by atoms with Gasteiger partial charge in [-0.2, -0.15) is 0 Å². The minimum Gasteiger partial charge on any atom is -0.495 e. The fourth-order valence-electron chi connectivity index (χ4n) is 3.00. The van der Waals surface area contributed by atoms with Crippen molar-refractivity contribution in [1.82, 2.24) is 19.4 Å². The summed E-state index contributed by atoms with van der Waals surface area (Å²) in [6.07, 6.45) is 0.208. The first-order valence-electron chi connectivity index (χ1n) is 8.80. The Kier molecular flexibility index (Phi) is 4.90. The molecule has 3 heterocycles. The van der Waals surface area contributed by atoms with E-state index >= 15 is 0 Å². The van der Waals surface area contributed by atoms with Gasteiger partial charge < -0.3 is 14.8 Å². The van der Waals surface area contributed by atoms with E-state index in [-0.39, 0.29) is 5.75 Å². The number of benzene rings is 1. The summed E-state index contributed by atoms with van der Waals surface area (Å²) in [7, 11) is 1.58. The van der Waals surface area contributed by atoms with Crippen LogP contribution < -0.4 is 14.8 Å². The van der Waals surface area contributed by atoms with Crippen LogP contribution >= 0.6 is 0 Å². The van der Waals surface area contributed by atoms with Gasteiger partial charge in [0.25, 0.3) is 0 Å². The predicted molar refractivity (Wildman–Crippen MR) is 104 cm³/mol. The van der Waals surface area contributed by atoms with Gasteiger partial charge in [0.2, 0.25) is 0 Å². The third kappa shape index (κ3) is 4.12. The first kappa shape index (κ1) is 19.5. The van der Waals surface area contributed by atoms with E-state index in [2.05, 4.69) is 25.0 Å². The average molecular weight is 415 g/mol. The van der Waals surface area contributed by atoms with Crippen molar-refractivity contribution in [3.05, 3.63) is 60.7 Å². The van der Waals surface area contributed by atoms with Crippen molar-refractivity contribution in [1.29, 1.82) is 0 Å². The van der Waals surface area contributed by atoms with E-state index in [1.807, 2.05) is 29.7 Å². The molecule has 4 aromatic rings. The first-order valence-corrected chi connectivity index (χ1v) is 8.80. The van der Waals surface area contributed by atoms with Gasteiger partial charge in [-0.1, -0.05) is 0 Å². The van der Waals surface area contributed by atoms with Crippen molar-refractivity contribution in [2.24, 2.45) is 0 Å². The van der Waals surface area contributed by atoms with Crippen LogP contribution in [-0.2, 0) is 0 Å². The summed E-state index contributed by atoms with van der Waals surface area (Å²) in [5, 5.41) is 3.02. The Hall–Kier alpha value is -3.82. The van der Waals surface area contributed by atoms with E-state index in [4.69, 9.17) is 4.74 Å². The fraction of sp³-hybridized carbons (Fsp3) is 0.150. The Bertz CT molecular complexity index is 1190. The second-order valence-corrected chi connectivity index (χ2v) is 6.33. The van der Waals surface area contributed by atoms with Crippen LogP contribution in [0.15, 0.2) is 55.0 Å². The van der Waals surface area contributed by atoms with E-state index < -0.39 is 6.36 Å². The third-order valence-electron chi connectivity index (χ3n) is 4.24. The molecule has 1 aromatic carbocycles. The zero-order valence-corrected chi connectivity index (χ0v) is 15.9. The van der Waals surface area contributed by atoms with E-state index in [0.29, 0.717) is 22.9 Å². The molecule has 0 unspecified atom stereocenters. The monoisotopic (exact) mass is 415 g/mol. The van der Waals surface area contributed by atoms with E-state index in [1.54, 1.807) is 13.3 Å². The Balaban J connectivity index is 1.62. The minimum absolute atomic E-state index is 0.303. The Morgan fingerprint density at radius 2 is 1.70 bits per heavy atom. The number of imidazole rings is 1. The quantitative estimate of drug-likeness (QED) is 0.507. The number of ether oxygens (including phenoxy) is 2. The highest BCUT2D eigenvalue weighted by Crippen LogP contribution is 2.27. The van der Waals surface area contributed by atoms with Crippen LogP contribution in [0, 0.1) is 6.92 Å². The van der Waals surface area contributed by atoms with Crippen molar-refractivity contribution in [3.63, 3.8) is 0 Å². The lowest BCUT2D eigenvalue weighted by Gasteiger charge is -2.11. The molecule has 0 radical (unpaired) electrons. The molecular weight excluding hydrogens is 399 g/mol. The molecule has 0 aliphatic carbocycles. The molecule has 30 heavy (non-hydrogen) atoms. The van der Waals surface area contributed by atoms with E-state index in [0.717, 1.165) is 17.0 Å². The maximum Gasteiger partial charge on any atom is 0.573 e. The summed E-state index contributed by atoms with van der Waals surface area (Å²) >= 11 is 0. The fourth-order valence-corrected chi connectivity index (χ4v) is 3.00. The van der Waals surface area contributed by atoms with Crippen LogP contribution in [0.5, 0.6) is 11.5 Å². The molecular formula is C20H16F3N5O2. The van der Waals surface area contributed by atoms with Crippen molar-refractivity contribution >= 4 is 17.2 Å². The lowest BCUT2D eigenvalue weighted by Crippen LogP contribution is -2.16. The molecule has 0 fully saturated rings. The Morgan fingerprint density at radius 3 is 2.40 bits per heavy atom. The van der Waals surface area contributed by atoms with Gasteiger partial charge >= 0.3 is 6.36 Å². The number of fused-ring (bicyclic) bond motifs is 1. The molecule has 0 aliphatic rings. The van der Waals surface area contributed by atoms with Gasteiger partial charge in [-0.05, 0) is 43.3 Å². The van der Waals surface area contributed by atoms with Crippen LogP contribution in [0.25, 0.3) is 17.0 Å². The van der Waals surface area contributed by atoms with Gasteiger partial charge in [0.1, 0.15) is 28.7 Å². The number of hydrogen-bond acceptors (Lipinski definition) is 6. The first-order chi connectivity index (χ1) is 14.3. The molecule has 1 N–H and O–H groups in total. The Morgan fingerprint density at radius 1 is 0.967 bits per heavy atom. The summed E-state index contributed by atoms with van der Waals surface area (Å²) in [5.74, 6) is 0.793. The number of anilines is 2. The summed E-state index contributed by atoms with van der Waals surface area (Å²) < 4.78 is 47.9. The summed E-state index contributed by atoms with van der Waals surface area (Å²) in [6, 6.07) is 9.01. The zero-order valence-electron chi connectivity index (χ0n) is 15.9. The number of aryl methyl sites for hydroxylation is 1. The van der Waals surface area contributed by atoms with Crippen molar-refractivity contribution in [2.75, 3.05) is 12.4 Å². The molecule has 0 saturated carbocycles. The van der Waals surface area contributed by atoms with E-state index in [9.17, 15) is 13.2 Å². The lowest BCUT2D eigenvalue weighted by molar-refractivity contribution is -0.274.